The zero-order chi connectivity index (χ0) is 14.0. The predicted octanol–water partition coefficient (Wildman–Crippen LogP) is 5.78. The van der Waals surface area contributed by atoms with Crippen LogP contribution in [-0.4, -0.2) is 0 Å². The van der Waals surface area contributed by atoms with Crippen LogP contribution in [0.25, 0.3) is 0 Å². The molecular formula is C18H34Mn. The van der Waals surface area contributed by atoms with Crippen molar-refractivity contribution < 1.29 is 17.1 Å². The normalized spacial score (nSPS) is 43.6. The van der Waals surface area contributed by atoms with E-state index < -0.39 is 0 Å². The number of hydrogen-bond acceptors (Lipinski definition) is 0. The molecule has 0 bridgehead atoms. The van der Waals surface area contributed by atoms with E-state index in [0.717, 1.165) is 35.5 Å². The first-order chi connectivity index (χ1) is 8.25. The summed E-state index contributed by atoms with van der Waals surface area (Å²) in [5.41, 5.74) is 0. The predicted molar refractivity (Wildman–Crippen MR) is 82.1 cm³/mol. The average molecular weight is 305 g/mol. The summed E-state index contributed by atoms with van der Waals surface area (Å²) in [4.78, 5) is 0. The Morgan fingerprint density at radius 2 is 0.947 bits per heavy atom. The molecule has 0 aromatic heterocycles. The molecule has 2 saturated carbocycles. The second-order valence-electron chi connectivity index (χ2n) is 7.31. The van der Waals surface area contributed by atoms with Crippen LogP contribution >= 0.6 is 0 Å². The quantitative estimate of drug-likeness (QED) is 0.497. The largest absolute Gasteiger partial charge is 0.0622 e. The molecule has 0 amide bonds. The van der Waals surface area contributed by atoms with E-state index in [1.54, 1.807) is 11.8 Å². The minimum absolute atomic E-state index is 0. The second-order valence-corrected chi connectivity index (χ2v) is 7.31. The van der Waals surface area contributed by atoms with Crippen LogP contribution in [0.3, 0.4) is 0 Å². The van der Waals surface area contributed by atoms with Gasteiger partial charge in [0.2, 0.25) is 0 Å². The molecule has 1 heteroatoms. The van der Waals surface area contributed by atoms with Gasteiger partial charge in [-0.25, -0.2) is 0 Å². The van der Waals surface area contributed by atoms with Crippen molar-refractivity contribution in [1.82, 2.24) is 0 Å². The van der Waals surface area contributed by atoms with Gasteiger partial charge in [-0.15, -0.1) is 0 Å². The van der Waals surface area contributed by atoms with Gasteiger partial charge < -0.3 is 0 Å². The molecule has 0 N–H and O–H groups in total. The first-order valence-corrected chi connectivity index (χ1v) is 7.92. The van der Waals surface area contributed by atoms with Gasteiger partial charge in [0.15, 0.2) is 0 Å². The third-order valence-corrected chi connectivity index (χ3v) is 6.18. The number of rotatable bonds is 0. The maximum absolute atomic E-state index is 2.39. The van der Waals surface area contributed by atoms with E-state index in [1.807, 2.05) is 0 Å². The fraction of sp³-hybridized carbons (Fsp3) is 0.889. The van der Waals surface area contributed by atoms with Crippen LogP contribution in [0.4, 0.5) is 0 Å². The summed E-state index contributed by atoms with van der Waals surface area (Å²) in [6.45, 7) is 18.7. The average Bonchev–Trinajstić information content (AvgIpc) is 2.66. The number of hydrogen-bond donors (Lipinski definition) is 0. The van der Waals surface area contributed by atoms with E-state index in [4.69, 9.17) is 0 Å². The van der Waals surface area contributed by atoms with E-state index in [0.29, 0.717) is 0 Å². The molecule has 6 atom stereocenters. The molecule has 0 aromatic rings. The summed E-state index contributed by atoms with van der Waals surface area (Å²) in [5.74, 6) is 8.80. The molecule has 0 spiro atoms. The third kappa shape index (κ3) is 4.78. The van der Waals surface area contributed by atoms with Crippen molar-refractivity contribution >= 4 is 0 Å². The van der Waals surface area contributed by atoms with Crippen molar-refractivity contribution in [2.75, 3.05) is 0 Å². The van der Waals surface area contributed by atoms with Crippen LogP contribution < -0.4 is 0 Å². The SMILES string of the molecule is CC1CC(C)C(C)C1C.C[C]1[C](C)C(C)CC1C.[Mn]. The Balaban J connectivity index is 0.000000324. The molecule has 0 aliphatic heterocycles. The molecule has 0 nitrogen and oxygen atoms in total. The van der Waals surface area contributed by atoms with Crippen LogP contribution in [0.2, 0.25) is 0 Å². The first-order valence-electron chi connectivity index (χ1n) is 7.92. The van der Waals surface area contributed by atoms with E-state index in [1.165, 1.54) is 12.8 Å². The minimum atomic E-state index is 0. The van der Waals surface area contributed by atoms with Crippen LogP contribution in [0.15, 0.2) is 0 Å². The Morgan fingerprint density at radius 1 is 0.632 bits per heavy atom. The van der Waals surface area contributed by atoms with Gasteiger partial charge in [-0.1, -0.05) is 55.4 Å². The van der Waals surface area contributed by atoms with Crippen molar-refractivity contribution in [2.24, 2.45) is 35.5 Å². The molecule has 2 fully saturated rings. The third-order valence-electron chi connectivity index (χ3n) is 6.18. The van der Waals surface area contributed by atoms with E-state index in [2.05, 4.69) is 55.4 Å². The van der Waals surface area contributed by atoms with Gasteiger partial charge in [-0.2, -0.15) is 0 Å². The Hall–Kier alpha value is 0.519. The summed E-state index contributed by atoms with van der Waals surface area (Å²) in [6, 6.07) is 0. The molecule has 3 radical (unpaired) electrons. The van der Waals surface area contributed by atoms with Gasteiger partial charge in [-0.05, 0) is 60.2 Å². The van der Waals surface area contributed by atoms with Crippen molar-refractivity contribution in [1.29, 1.82) is 0 Å². The monoisotopic (exact) mass is 305 g/mol. The molecule has 0 saturated heterocycles. The van der Waals surface area contributed by atoms with Crippen molar-refractivity contribution in [3.63, 3.8) is 0 Å². The summed E-state index contributed by atoms with van der Waals surface area (Å²) in [7, 11) is 0. The fourth-order valence-corrected chi connectivity index (χ4v) is 3.71. The smallest absolute Gasteiger partial charge is 0 e. The van der Waals surface area contributed by atoms with Crippen molar-refractivity contribution in [3.05, 3.63) is 11.8 Å². The van der Waals surface area contributed by atoms with Crippen molar-refractivity contribution in [3.8, 4) is 0 Å². The summed E-state index contributed by atoms with van der Waals surface area (Å²) < 4.78 is 0. The van der Waals surface area contributed by atoms with E-state index >= 15 is 0 Å². The zero-order valence-corrected chi connectivity index (χ0v) is 15.4. The van der Waals surface area contributed by atoms with Gasteiger partial charge >= 0.3 is 0 Å². The van der Waals surface area contributed by atoms with Gasteiger partial charge in [-0.3, -0.25) is 0 Å². The van der Waals surface area contributed by atoms with Gasteiger partial charge in [0.05, 0.1) is 0 Å². The summed E-state index contributed by atoms with van der Waals surface area (Å²) in [6.07, 6.45) is 2.82. The zero-order valence-electron chi connectivity index (χ0n) is 14.3. The molecule has 113 valence electrons. The minimum Gasteiger partial charge on any atom is -0.0622 e. The standard InChI is InChI=1S/C9H18.C9H16.Mn/c2*1-6-5-7(2)9(4)8(6)3;/h6-9H,5H2,1-4H3;6-7H,5H2,1-4H3;. The topological polar surface area (TPSA) is 0 Å². The first kappa shape index (κ1) is 19.5. The van der Waals surface area contributed by atoms with Gasteiger partial charge in [0.25, 0.3) is 0 Å². The molecule has 0 heterocycles. The second kappa shape index (κ2) is 8.08. The fourth-order valence-electron chi connectivity index (χ4n) is 3.71. The van der Waals surface area contributed by atoms with Gasteiger partial charge in [0.1, 0.15) is 0 Å². The Morgan fingerprint density at radius 3 is 1.05 bits per heavy atom. The molecule has 19 heavy (non-hydrogen) atoms. The van der Waals surface area contributed by atoms with Gasteiger partial charge in [0, 0.05) is 17.1 Å². The molecule has 2 aliphatic carbocycles. The molecule has 2 aliphatic rings. The Labute approximate surface area is 133 Å². The molecule has 0 aromatic carbocycles. The van der Waals surface area contributed by atoms with Crippen LogP contribution in [0.1, 0.15) is 68.2 Å². The molecule has 2 rings (SSSR count). The van der Waals surface area contributed by atoms with Crippen LogP contribution in [0, 0.1) is 47.3 Å². The van der Waals surface area contributed by atoms with Crippen molar-refractivity contribution in [2.45, 2.75) is 68.2 Å². The van der Waals surface area contributed by atoms with Crippen LogP contribution in [-0.2, 0) is 17.1 Å². The summed E-state index contributed by atoms with van der Waals surface area (Å²) >= 11 is 0. The van der Waals surface area contributed by atoms with E-state index in [9.17, 15) is 0 Å². The Bertz CT molecular complexity index is 200. The summed E-state index contributed by atoms with van der Waals surface area (Å²) in [5, 5.41) is 0. The maximum Gasteiger partial charge on any atom is 0 e. The molecular weight excluding hydrogens is 271 g/mol. The molecule has 6 unspecified atom stereocenters. The van der Waals surface area contributed by atoms with Crippen LogP contribution in [0.5, 0.6) is 0 Å². The van der Waals surface area contributed by atoms with E-state index in [-0.39, 0.29) is 17.1 Å². The Kier molecular flexibility index (Phi) is 8.30. The maximum atomic E-state index is 2.39.